The first kappa shape index (κ1) is 11.9. The van der Waals surface area contributed by atoms with Crippen LogP contribution in [-0.4, -0.2) is 41.9 Å². The van der Waals surface area contributed by atoms with Crippen LogP contribution in [0.5, 0.6) is 5.75 Å². The van der Waals surface area contributed by atoms with Gasteiger partial charge in [-0.25, -0.2) is 4.98 Å². The maximum absolute atomic E-state index is 9.34. The van der Waals surface area contributed by atoms with Gasteiger partial charge in [0.15, 0.2) is 0 Å². The van der Waals surface area contributed by atoms with E-state index in [2.05, 4.69) is 15.3 Å². The summed E-state index contributed by atoms with van der Waals surface area (Å²) < 4.78 is 4.94. The molecule has 2 aromatic rings. The van der Waals surface area contributed by atoms with E-state index >= 15 is 0 Å². The molecule has 0 bridgehead atoms. The molecule has 1 aromatic heterocycles. The lowest BCUT2D eigenvalue weighted by Gasteiger charge is -2.01. The number of benzene rings is 1. The van der Waals surface area contributed by atoms with E-state index in [1.165, 1.54) is 0 Å². The average Bonchev–Trinajstić information content (AvgIpc) is 2.70. The molecule has 0 amide bonds. The van der Waals surface area contributed by atoms with Crippen molar-refractivity contribution in [2.24, 2.45) is 0 Å². The predicted octanol–water partition coefficient (Wildman–Crippen LogP) is 1.05. The molecule has 0 aliphatic carbocycles. The molecular weight excluding hydrogens is 218 g/mol. The van der Waals surface area contributed by atoms with Gasteiger partial charge < -0.3 is 20.1 Å². The van der Waals surface area contributed by atoms with Gasteiger partial charge in [0, 0.05) is 32.7 Å². The van der Waals surface area contributed by atoms with Crippen LogP contribution in [0.25, 0.3) is 11.0 Å². The standard InChI is InChI=1S/C12H17N3O2/c1-17-7-6-13-5-4-12-14-10-3-2-9(16)8-11(10)15-12/h2-3,8,13,16H,4-7H2,1H3,(H,14,15). The monoisotopic (exact) mass is 235 g/mol. The third-order valence-electron chi connectivity index (χ3n) is 2.54. The molecule has 5 nitrogen and oxygen atoms in total. The van der Waals surface area contributed by atoms with Crippen molar-refractivity contribution in [3.8, 4) is 5.75 Å². The van der Waals surface area contributed by atoms with Crippen molar-refractivity contribution < 1.29 is 9.84 Å². The first-order chi connectivity index (χ1) is 8.29. The fourth-order valence-corrected chi connectivity index (χ4v) is 1.67. The molecule has 5 heteroatoms. The van der Waals surface area contributed by atoms with Crippen LogP contribution >= 0.6 is 0 Å². The van der Waals surface area contributed by atoms with Gasteiger partial charge in [0.05, 0.1) is 17.6 Å². The summed E-state index contributed by atoms with van der Waals surface area (Å²) in [6.07, 6.45) is 0.832. The number of fused-ring (bicyclic) bond motifs is 1. The molecule has 0 unspecified atom stereocenters. The van der Waals surface area contributed by atoms with E-state index in [1.807, 2.05) is 6.07 Å². The number of aromatic hydroxyl groups is 1. The maximum atomic E-state index is 9.34. The van der Waals surface area contributed by atoms with E-state index in [1.54, 1.807) is 19.2 Å². The number of imidazole rings is 1. The zero-order chi connectivity index (χ0) is 12.1. The Morgan fingerprint density at radius 2 is 2.29 bits per heavy atom. The molecule has 0 saturated carbocycles. The lowest BCUT2D eigenvalue weighted by molar-refractivity contribution is 0.199. The molecule has 1 aromatic carbocycles. The number of phenolic OH excluding ortho intramolecular Hbond substituents is 1. The summed E-state index contributed by atoms with van der Waals surface area (Å²) in [5.74, 6) is 1.18. The van der Waals surface area contributed by atoms with Crippen LogP contribution in [0.4, 0.5) is 0 Å². The average molecular weight is 235 g/mol. The second kappa shape index (κ2) is 5.65. The van der Waals surface area contributed by atoms with Crippen molar-refractivity contribution in [1.82, 2.24) is 15.3 Å². The lowest BCUT2D eigenvalue weighted by atomic mass is 10.3. The summed E-state index contributed by atoms with van der Waals surface area (Å²) >= 11 is 0. The number of hydrogen-bond acceptors (Lipinski definition) is 4. The third kappa shape index (κ3) is 3.18. The highest BCUT2D eigenvalue weighted by atomic mass is 16.5. The Hall–Kier alpha value is -1.59. The summed E-state index contributed by atoms with van der Waals surface area (Å²) in [6, 6.07) is 5.14. The van der Waals surface area contributed by atoms with Crippen molar-refractivity contribution in [2.45, 2.75) is 6.42 Å². The molecule has 0 radical (unpaired) electrons. The molecule has 2 rings (SSSR count). The fourth-order valence-electron chi connectivity index (χ4n) is 1.67. The van der Waals surface area contributed by atoms with E-state index in [0.717, 1.165) is 36.4 Å². The number of rotatable bonds is 6. The number of aromatic nitrogens is 2. The Labute approximate surface area is 99.8 Å². The summed E-state index contributed by atoms with van der Waals surface area (Å²) in [5, 5.41) is 12.6. The molecule has 0 atom stereocenters. The first-order valence-electron chi connectivity index (χ1n) is 5.67. The second-order valence-corrected chi connectivity index (χ2v) is 3.88. The minimum Gasteiger partial charge on any atom is -0.508 e. The van der Waals surface area contributed by atoms with Crippen LogP contribution < -0.4 is 5.32 Å². The van der Waals surface area contributed by atoms with Crippen LogP contribution in [-0.2, 0) is 11.2 Å². The largest absolute Gasteiger partial charge is 0.508 e. The van der Waals surface area contributed by atoms with E-state index in [0.29, 0.717) is 6.61 Å². The van der Waals surface area contributed by atoms with E-state index < -0.39 is 0 Å². The van der Waals surface area contributed by atoms with Crippen molar-refractivity contribution in [1.29, 1.82) is 0 Å². The Bertz CT molecular complexity index is 482. The highest BCUT2D eigenvalue weighted by Crippen LogP contribution is 2.17. The highest BCUT2D eigenvalue weighted by molar-refractivity contribution is 5.76. The minimum atomic E-state index is 0.255. The van der Waals surface area contributed by atoms with Crippen LogP contribution in [0, 0.1) is 0 Å². The minimum absolute atomic E-state index is 0.255. The number of aromatic amines is 1. The second-order valence-electron chi connectivity index (χ2n) is 3.88. The Morgan fingerprint density at radius 3 is 3.12 bits per heavy atom. The van der Waals surface area contributed by atoms with Crippen molar-refractivity contribution in [2.75, 3.05) is 26.8 Å². The molecule has 0 aliphatic rings. The SMILES string of the molecule is COCCNCCc1nc2ccc(O)cc2[nH]1. The van der Waals surface area contributed by atoms with Crippen LogP contribution in [0.3, 0.4) is 0 Å². The zero-order valence-corrected chi connectivity index (χ0v) is 9.86. The highest BCUT2D eigenvalue weighted by Gasteiger charge is 2.02. The molecule has 1 heterocycles. The molecule has 3 N–H and O–H groups in total. The van der Waals surface area contributed by atoms with Crippen molar-refractivity contribution in [3.05, 3.63) is 24.0 Å². The van der Waals surface area contributed by atoms with Gasteiger partial charge in [-0.1, -0.05) is 0 Å². The van der Waals surface area contributed by atoms with Gasteiger partial charge in [0.2, 0.25) is 0 Å². The summed E-state index contributed by atoms with van der Waals surface area (Å²) in [4.78, 5) is 7.62. The van der Waals surface area contributed by atoms with Gasteiger partial charge in [0.25, 0.3) is 0 Å². The van der Waals surface area contributed by atoms with E-state index in [4.69, 9.17) is 4.74 Å². The van der Waals surface area contributed by atoms with Crippen molar-refractivity contribution >= 4 is 11.0 Å². The molecule has 0 saturated heterocycles. The van der Waals surface area contributed by atoms with Gasteiger partial charge in [0.1, 0.15) is 11.6 Å². The Balaban J connectivity index is 1.91. The Kier molecular flexibility index (Phi) is 3.95. The molecule has 92 valence electrons. The van der Waals surface area contributed by atoms with E-state index in [-0.39, 0.29) is 5.75 Å². The summed E-state index contributed by atoms with van der Waals surface area (Å²) in [6.45, 7) is 2.42. The Morgan fingerprint density at radius 1 is 1.41 bits per heavy atom. The smallest absolute Gasteiger partial charge is 0.117 e. The number of nitrogens with one attached hydrogen (secondary N) is 2. The normalized spacial score (nSPS) is 11.1. The maximum Gasteiger partial charge on any atom is 0.117 e. The van der Waals surface area contributed by atoms with E-state index in [9.17, 15) is 5.11 Å². The number of methoxy groups -OCH3 is 1. The van der Waals surface area contributed by atoms with Gasteiger partial charge >= 0.3 is 0 Å². The topological polar surface area (TPSA) is 70.2 Å². The third-order valence-corrected chi connectivity index (χ3v) is 2.54. The molecule has 0 fully saturated rings. The zero-order valence-electron chi connectivity index (χ0n) is 9.86. The molecular formula is C12H17N3O2. The van der Waals surface area contributed by atoms with Gasteiger partial charge in [-0.15, -0.1) is 0 Å². The van der Waals surface area contributed by atoms with Gasteiger partial charge in [-0.05, 0) is 12.1 Å². The first-order valence-corrected chi connectivity index (χ1v) is 5.67. The summed E-state index contributed by atoms with van der Waals surface area (Å²) in [5.41, 5.74) is 1.76. The van der Waals surface area contributed by atoms with Crippen LogP contribution in [0.2, 0.25) is 0 Å². The molecule has 0 aliphatic heterocycles. The fraction of sp³-hybridized carbons (Fsp3) is 0.417. The van der Waals surface area contributed by atoms with Crippen LogP contribution in [0.1, 0.15) is 5.82 Å². The van der Waals surface area contributed by atoms with Crippen LogP contribution in [0.15, 0.2) is 18.2 Å². The van der Waals surface area contributed by atoms with Gasteiger partial charge in [-0.2, -0.15) is 0 Å². The van der Waals surface area contributed by atoms with Crippen molar-refractivity contribution in [3.63, 3.8) is 0 Å². The quantitative estimate of drug-likeness (QED) is 0.654. The number of ether oxygens (including phenoxy) is 1. The number of nitrogens with zero attached hydrogens (tertiary/aromatic N) is 1. The summed E-state index contributed by atoms with van der Waals surface area (Å²) in [7, 11) is 1.69. The lowest BCUT2D eigenvalue weighted by Crippen LogP contribution is -2.22. The predicted molar refractivity (Wildman–Crippen MR) is 66.2 cm³/mol. The molecule has 17 heavy (non-hydrogen) atoms. The van der Waals surface area contributed by atoms with Gasteiger partial charge in [-0.3, -0.25) is 0 Å². The molecule has 0 spiro atoms. The number of phenols is 1. The number of H-pyrrole nitrogens is 1. The number of hydrogen-bond donors (Lipinski definition) is 3.